The van der Waals surface area contributed by atoms with Gasteiger partial charge >= 0.3 is 6.36 Å². The first-order chi connectivity index (χ1) is 12.7. The van der Waals surface area contributed by atoms with E-state index in [1.807, 2.05) is 4.90 Å². The average molecular weight is 449 g/mol. The molecule has 2 N–H and O–H groups in total. The fourth-order valence-electron chi connectivity index (χ4n) is 3.17. The maximum atomic E-state index is 14.1. The number of alkyl halides is 3. The number of hydrogen-bond donors (Lipinski definition) is 2. The summed E-state index contributed by atoms with van der Waals surface area (Å²) in [5.74, 6) is -1.58. The van der Waals surface area contributed by atoms with E-state index in [9.17, 15) is 22.7 Å². The molecule has 146 valence electrons. The van der Waals surface area contributed by atoms with Crippen molar-refractivity contribution in [1.29, 1.82) is 0 Å². The summed E-state index contributed by atoms with van der Waals surface area (Å²) in [4.78, 5) is 2.04. The number of nitrogens with one attached hydrogen (secondary N) is 1. The molecule has 0 bridgehead atoms. The van der Waals surface area contributed by atoms with Crippen molar-refractivity contribution in [2.24, 2.45) is 0 Å². The monoisotopic (exact) mass is 448 g/mol. The van der Waals surface area contributed by atoms with Crippen LogP contribution in [0.5, 0.6) is 11.5 Å². The third kappa shape index (κ3) is 4.91. The first-order valence-electron chi connectivity index (χ1n) is 8.23. The normalized spacial score (nSPS) is 16.9. The number of phenolic OH excluding ortho intramolecular Hbond substituents is 1. The van der Waals surface area contributed by atoms with Gasteiger partial charge in [0.1, 0.15) is 5.75 Å². The summed E-state index contributed by atoms with van der Waals surface area (Å²) in [6.45, 7) is 2.70. The summed E-state index contributed by atoms with van der Waals surface area (Å²) in [5, 5.41) is 13.5. The van der Waals surface area contributed by atoms with E-state index in [-0.39, 0.29) is 5.75 Å². The van der Waals surface area contributed by atoms with Crippen LogP contribution in [0.3, 0.4) is 0 Å². The van der Waals surface area contributed by atoms with E-state index in [1.54, 1.807) is 6.07 Å². The molecule has 1 saturated heterocycles. The quantitative estimate of drug-likeness (QED) is 0.688. The molecule has 0 saturated carbocycles. The zero-order chi connectivity index (χ0) is 19.6. The first kappa shape index (κ1) is 19.9. The van der Waals surface area contributed by atoms with E-state index >= 15 is 0 Å². The molecular weight excluding hydrogens is 432 g/mol. The van der Waals surface area contributed by atoms with Gasteiger partial charge in [-0.15, -0.1) is 13.2 Å². The number of halogens is 5. The Hall–Kier alpha value is -1.84. The second-order valence-corrected chi connectivity index (χ2v) is 7.05. The number of phenols is 1. The van der Waals surface area contributed by atoms with E-state index in [2.05, 4.69) is 26.0 Å². The minimum atomic E-state index is -4.77. The number of ether oxygens (including phenoxy) is 1. The Bertz CT molecular complexity index is 793. The highest BCUT2D eigenvalue weighted by Crippen LogP contribution is 2.38. The highest BCUT2D eigenvalue weighted by atomic mass is 79.9. The van der Waals surface area contributed by atoms with Gasteiger partial charge < -0.3 is 15.2 Å². The summed E-state index contributed by atoms with van der Waals surface area (Å²) in [6, 6.07) is 7.67. The van der Waals surface area contributed by atoms with Gasteiger partial charge in [0.05, 0.1) is 6.04 Å². The minimum Gasteiger partial charge on any atom is -0.505 e. The molecule has 0 spiro atoms. The zero-order valence-electron chi connectivity index (χ0n) is 14.1. The van der Waals surface area contributed by atoms with Crippen LogP contribution < -0.4 is 10.1 Å². The molecule has 1 aliphatic heterocycles. The lowest BCUT2D eigenvalue weighted by atomic mass is 9.95. The third-order valence-corrected chi connectivity index (χ3v) is 4.76. The highest BCUT2D eigenvalue weighted by Gasteiger charge is 2.32. The number of aromatic hydroxyl groups is 1. The van der Waals surface area contributed by atoms with Gasteiger partial charge in [0.2, 0.25) is 0 Å². The number of benzene rings is 2. The van der Waals surface area contributed by atoms with E-state index in [0.29, 0.717) is 41.8 Å². The van der Waals surface area contributed by atoms with Crippen LogP contribution in [0, 0.1) is 5.82 Å². The predicted octanol–water partition coefficient (Wildman–Crippen LogP) is 4.19. The zero-order valence-corrected chi connectivity index (χ0v) is 15.6. The van der Waals surface area contributed by atoms with Crippen LogP contribution in [0.1, 0.15) is 17.2 Å². The number of rotatable bonds is 4. The van der Waals surface area contributed by atoms with E-state index in [0.717, 1.165) is 6.07 Å². The molecule has 2 aromatic carbocycles. The van der Waals surface area contributed by atoms with Crippen molar-refractivity contribution in [2.45, 2.75) is 12.4 Å². The van der Waals surface area contributed by atoms with Crippen molar-refractivity contribution in [3.8, 4) is 11.5 Å². The lowest BCUT2D eigenvalue weighted by molar-refractivity contribution is -0.274. The van der Waals surface area contributed by atoms with Crippen LogP contribution in [-0.4, -0.2) is 42.5 Å². The Morgan fingerprint density at radius 3 is 2.33 bits per heavy atom. The molecule has 1 aliphatic rings. The van der Waals surface area contributed by atoms with Crippen molar-refractivity contribution in [3.63, 3.8) is 0 Å². The minimum absolute atomic E-state index is 0.338. The van der Waals surface area contributed by atoms with Crippen LogP contribution in [0.2, 0.25) is 0 Å². The lowest BCUT2D eigenvalue weighted by Crippen LogP contribution is -2.45. The predicted molar refractivity (Wildman–Crippen MR) is 95.2 cm³/mol. The Kier molecular flexibility index (Phi) is 5.92. The van der Waals surface area contributed by atoms with Gasteiger partial charge in [0.15, 0.2) is 11.6 Å². The third-order valence-electron chi connectivity index (χ3n) is 4.30. The molecule has 0 radical (unpaired) electrons. The fourth-order valence-corrected chi connectivity index (χ4v) is 3.62. The first-order valence-corrected chi connectivity index (χ1v) is 9.02. The second kappa shape index (κ2) is 8.04. The second-order valence-electron chi connectivity index (χ2n) is 6.13. The molecule has 2 aromatic rings. The Balaban J connectivity index is 2.00. The van der Waals surface area contributed by atoms with Gasteiger partial charge in [0.25, 0.3) is 0 Å². The summed E-state index contributed by atoms with van der Waals surface area (Å²) in [7, 11) is 0. The molecule has 0 amide bonds. The number of nitrogens with zero attached hydrogens (tertiary/aromatic N) is 1. The molecule has 1 fully saturated rings. The van der Waals surface area contributed by atoms with Gasteiger partial charge in [-0.3, -0.25) is 4.90 Å². The smallest absolute Gasteiger partial charge is 0.505 e. The molecule has 4 nitrogen and oxygen atoms in total. The molecule has 0 aromatic heterocycles. The molecule has 9 heteroatoms. The summed E-state index contributed by atoms with van der Waals surface area (Å²) < 4.78 is 55.6. The Morgan fingerprint density at radius 1 is 1.11 bits per heavy atom. The van der Waals surface area contributed by atoms with Gasteiger partial charge in [0, 0.05) is 36.2 Å². The molecule has 1 heterocycles. The van der Waals surface area contributed by atoms with Crippen molar-refractivity contribution in [2.75, 3.05) is 26.2 Å². The van der Waals surface area contributed by atoms with Crippen LogP contribution in [0.25, 0.3) is 0 Å². The van der Waals surface area contributed by atoms with Crippen LogP contribution >= 0.6 is 15.9 Å². The molecule has 0 aliphatic carbocycles. The number of hydrogen-bond acceptors (Lipinski definition) is 4. The van der Waals surface area contributed by atoms with Gasteiger partial charge in [-0.2, -0.15) is 0 Å². The maximum absolute atomic E-state index is 14.1. The van der Waals surface area contributed by atoms with E-state index in [1.165, 1.54) is 24.3 Å². The van der Waals surface area contributed by atoms with Crippen LogP contribution in [-0.2, 0) is 0 Å². The Labute approximate surface area is 161 Å². The SMILES string of the molecule is Oc1c(F)cc(Br)cc1[C@@H](c1ccc(OC(F)(F)F)cc1)N1CCNCC1. The highest BCUT2D eigenvalue weighted by molar-refractivity contribution is 9.10. The van der Waals surface area contributed by atoms with Gasteiger partial charge in [-0.05, 0) is 29.8 Å². The van der Waals surface area contributed by atoms with Crippen molar-refractivity contribution in [1.82, 2.24) is 10.2 Å². The van der Waals surface area contributed by atoms with E-state index < -0.39 is 24.0 Å². The van der Waals surface area contributed by atoms with Crippen molar-refractivity contribution in [3.05, 3.63) is 57.8 Å². The lowest BCUT2D eigenvalue weighted by Gasteiger charge is -2.36. The molecule has 3 rings (SSSR count). The summed E-state index contributed by atoms with van der Waals surface area (Å²) in [5.41, 5.74) is 0.965. The molecule has 1 atom stereocenters. The molecular formula is C18H17BrF4N2O2. The number of piperazine rings is 1. The topological polar surface area (TPSA) is 44.7 Å². The van der Waals surface area contributed by atoms with Crippen LogP contribution in [0.15, 0.2) is 40.9 Å². The standard InChI is InChI=1S/C18H17BrF4N2O2/c19-12-9-14(17(26)15(20)10-12)16(25-7-5-24-6-8-25)11-1-3-13(4-2-11)27-18(21,22)23/h1-4,9-10,16,24,26H,5-8H2/t16-/m1/s1. The molecule has 27 heavy (non-hydrogen) atoms. The fraction of sp³-hybridized carbons (Fsp3) is 0.333. The maximum Gasteiger partial charge on any atom is 0.573 e. The van der Waals surface area contributed by atoms with Crippen molar-refractivity contribution >= 4 is 15.9 Å². The van der Waals surface area contributed by atoms with E-state index in [4.69, 9.17) is 0 Å². The average Bonchev–Trinajstić information content (AvgIpc) is 2.60. The summed E-state index contributed by atoms with van der Waals surface area (Å²) >= 11 is 3.23. The largest absolute Gasteiger partial charge is 0.573 e. The summed E-state index contributed by atoms with van der Waals surface area (Å²) in [6.07, 6.45) is -4.77. The van der Waals surface area contributed by atoms with Crippen molar-refractivity contribution < 1.29 is 27.4 Å². The van der Waals surface area contributed by atoms with Crippen LogP contribution in [0.4, 0.5) is 17.6 Å². The van der Waals surface area contributed by atoms with Gasteiger partial charge in [-0.1, -0.05) is 28.1 Å². The Morgan fingerprint density at radius 2 is 1.74 bits per heavy atom. The van der Waals surface area contributed by atoms with Gasteiger partial charge in [-0.25, -0.2) is 4.39 Å². The molecule has 0 unspecified atom stereocenters.